The van der Waals surface area contributed by atoms with Crippen molar-refractivity contribution in [2.24, 2.45) is 4.99 Å². The lowest BCUT2D eigenvalue weighted by Gasteiger charge is -2.18. The standard InChI is InChI=1S/C12H15ClFN3O/c1-17-5-4-15-12(17)16-7-11(18)8-2-3-9(13)10(14)6-8/h2-3,6,11,18H,4-5,7H2,1H3,(H,15,16). The Kier molecular flexibility index (Phi) is 4.04. The minimum absolute atomic E-state index is 0.0545. The summed E-state index contributed by atoms with van der Waals surface area (Å²) >= 11 is 5.59. The fourth-order valence-corrected chi connectivity index (χ4v) is 1.87. The Hall–Kier alpha value is -1.33. The molecular formula is C12H15ClFN3O. The first-order valence-electron chi connectivity index (χ1n) is 5.70. The van der Waals surface area contributed by atoms with E-state index in [1.165, 1.54) is 12.1 Å². The van der Waals surface area contributed by atoms with E-state index in [0.29, 0.717) is 5.56 Å². The number of halogens is 2. The quantitative estimate of drug-likeness (QED) is 0.874. The van der Waals surface area contributed by atoms with Crippen molar-refractivity contribution >= 4 is 17.6 Å². The Bertz CT molecular complexity index is 467. The van der Waals surface area contributed by atoms with Gasteiger partial charge in [-0.05, 0) is 17.7 Å². The van der Waals surface area contributed by atoms with Gasteiger partial charge in [0.2, 0.25) is 0 Å². The summed E-state index contributed by atoms with van der Waals surface area (Å²) in [4.78, 5) is 6.21. The lowest BCUT2D eigenvalue weighted by Crippen LogP contribution is -2.37. The molecule has 0 saturated carbocycles. The van der Waals surface area contributed by atoms with Crippen molar-refractivity contribution in [1.29, 1.82) is 0 Å². The second kappa shape index (κ2) is 5.54. The number of benzene rings is 1. The summed E-state index contributed by atoms with van der Waals surface area (Å²) in [6, 6.07) is 4.29. The molecule has 0 aromatic heterocycles. The normalized spacial score (nSPS) is 16.7. The van der Waals surface area contributed by atoms with Crippen molar-refractivity contribution in [3.8, 4) is 0 Å². The fourth-order valence-electron chi connectivity index (χ4n) is 1.75. The number of nitrogens with one attached hydrogen (secondary N) is 1. The molecule has 6 heteroatoms. The maximum Gasteiger partial charge on any atom is 0.193 e. The largest absolute Gasteiger partial charge is 0.387 e. The molecular weight excluding hydrogens is 257 g/mol. The zero-order chi connectivity index (χ0) is 13.1. The molecule has 1 aliphatic heterocycles. The van der Waals surface area contributed by atoms with Gasteiger partial charge in [-0.3, -0.25) is 4.99 Å². The Morgan fingerprint density at radius 1 is 1.61 bits per heavy atom. The van der Waals surface area contributed by atoms with Crippen LogP contribution in [0.1, 0.15) is 11.7 Å². The maximum absolute atomic E-state index is 13.2. The van der Waals surface area contributed by atoms with Gasteiger partial charge in [-0.2, -0.15) is 0 Å². The summed E-state index contributed by atoms with van der Waals surface area (Å²) in [5.74, 6) is 0.229. The molecule has 0 radical (unpaired) electrons. The molecule has 2 rings (SSSR count). The number of nitrogens with zero attached hydrogens (tertiary/aromatic N) is 2. The van der Waals surface area contributed by atoms with Crippen LogP contribution in [0, 0.1) is 5.82 Å². The average molecular weight is 272 g/mol. The highest BCUT2D eigenvalue weighted by Crippen LogP contribution is 2.19. The van der Waals surface area contributed by atoms with Crippen LogP contribution in [0.3, 0.4) is 0 Å². The summed E-state index contributed by atoms with van der Waals surface area (Å²) < 4.78 is 13.2. The number of guanidine groups is 1. The molecule has 1 unspecified atom stereocenters. The Balaban J connectivity index is 1.95. The SMILES string of the molecule is CN1CCN=C1NCC(O)c1ccc(Cl)c(F)c1. The molecule has 1 atom stereocenters. The third-order valence-corrected chi connectivity index (χ3v) is 3.15. The third-order valence-electron chi connectivity index (χ3n) is 2.84. The van der Waals surface area contributed by atoms with Gasteiger partial charge < -0.3 is 15.3 Å². The predicted molar refractivity (Wildman–Crippen MR) is 69.3 cm³/mol. The van der Waals surface area contributed by atoms with E-state index >= 15 is 0 Å². The zero-order valence-corrected chi connectivity index (χ0v) is 10.8. The molecule has 0 spiro atoms. The summed E-state index contributed by atoms with van der Waals surface area (Å²) in [6.45, 7) is 1.91. The maximum atomic E-state index is 13.2. The molecule has 0 saturated heterocycles. The van der Waals surface area contributed by atoms with E-state index in [1.54, 1.807) is 6.07 Å². The molecule has 18 heavy (non-hydrogen) atoms. The van der Waals surface area contributed by atoms with E-state index < -0.39 is 11.9 Å². The molecule has 0 fully saturated rings. The van der Waals surface area contributed by atoms with Crippen molar-refractivity contribution in [2.45, 2.75) is 6.10 Å². The van der Waals surface area contributed by atoms with Crippen LogP contribution in [0.15, 0.2) is 23.2 Å². The number of hydrogen-bond acceptors (Lipinski definition) is 4. The number of rotatable bonds is 3. The zero-order valence-electron chi connectivity index (χ0n) is 10.0. The molecule has 4 nitrogen and oxygen atoms in total. The highest BCUT2D eigenvalue weighted by atomic mass is 35.5. The van der Waals surface area contributed by atoms with Crippen LogP contribution in [0.4, 0.5) is 4.39 Å². The summed E-state index contributed by atoms with van der Waals surface area (Å²) in [5.41, 5.74) is 0.491. The van der Waals surface area contributed by atoms with Gasteiger partial charge in [0.15, 0.2) is 5.96 Å². The summed E-state index contributed by atoms with van der Waals surface area (Å²) in [5, 5.41) is 13.0. The Labute approximate surface area is 110 Å². The molecule has 0 amide bonds. The first-order chi connectivity index (χ1) is 8.58. The molecule has 1 aromatic carbocycles. The van der Waals surface area contributed by atoms with Crippen LogP contribution in [-0.2, 0) is 0 Å². The number of aliphatic hydroxyl groups is 1. The monoisotopic (exact) mass is 271 g/mol. The van der Waals surface area contributed by atoms with E-state index in [9.17, 15) is 9.50 Å². The molecule has 1 heterocycles. The summed E-state index contributed by atoms with van der Waals surface area (Å²) in [7, 11) is 1.92. The Morgan fingerprint density at radius 2 is 2.39 bits per heavy atom. The first kappa shape index (κ1) is 13.1. The van der Waals surface area contributed by atoms with Crippen molar-refractivity contribution < 1.29 is 9.50 Å². The van der Waals surface area contributed by atoms with Gasteiger partial charge in [-0.1, -0.05) is 17.7 Å². The van der Waals surface area contributed by atoms with Crippen LogP contribution in [0.2, 0.25) is 5.02 Å². The number of aliphatic imine (C=N–C) groups is 1. The number of aliphatic hydroxyl groups excluding tert-OH is 1. The molecule has 2 N–H and O–H groups in total. The van der Waals surface area contributed by atoms with E-state index in [1.807, 2.05) is 11.9 Å². The van der Waals surface area contributed by atoms with Gasteiger partial charge in [0.25, 0.3) is 0 Å². The van der Waals surface area contributed by atoms with Crippen LogP contribution < -0.4 is 5.32 Å². The van der Waals surface area contributed by atoms with Crippen LogP contribution >= 0.6 is 11.6 Å². The second-order valence-corrected chi connectivity index (χ2v) is 4.60. The van der Waals surface area contributed by atoms with Crippen molar-refractivity contribution in [2.75, 3.05) is 26.7 Å². The topological polar surface area (TPSA) is 47.9 Å². The lowest BCUT2D eigenvalue weighted by atomic mass is 10.1. The first-order valence-corrected chi connectivity index (χ1v) is 6.08. The van der Waals surface area contributed by atoms with Crippen LogP contribution in [0.5, 0.6) is 0 Å². The van der Waals surface area contributed by atoms with E-state index in [2.05, 4.69) is 10.3 Å². The van der Waals surface area contributed by atoms with Crippen molar-refractivity contribution in [3.05, 3.63) is 34.6 Å². The van der Waals surface area contributed by atoms with Gasteiger partial charge >= 0.3 is 0 Å². The highest BCUT2D eigenvalue weighted by molar-refractivity contribution is 6.30. The van der Waals surface area contributed by atoms with Gasteiger partial charge in [0.05, 0.1) is 17.7 Å². The second-order valence-electron chi connectivity index (χ2n) is 4.20. The van der Waals surface area contributed by atoms with Gasteiger partial charge in [-0.15, -0.1) is 0 Å². The minimum atomic E-state index is -0.798. The highest BCUT2D eigenvalue weighted by Gasteiger charge is 2.15. The fraction of sp³-hybridized carbons (Fsp3) is 0.417. The van der Waals surface area contributed by atoms with E-state index in [0.717, 1.165) is 19.0 Å². The smallest absolute Gasteiger partial charge is 0.193 e. The lowest BCUT2D eigenvalue weighted by molar-refractivity contribution is 0.179. The van der Waals surface area contributed by atoms with E-state index in [-0.39, 0.29) is 11.6 Å². The minimum Gasteiger partial charge on any atom is -0.387 e. The van der Waals surface area contributed by atoms with Gasteiger partial charge in [0.1, 0.15) is 5.82 Å². The van der Waals surface area contributed by atoms with Gasteiger partial charge in [0, 0.05) is 20.1 Å². The molecule has 0 bridgehead atoms. The summed E-state index contributed by atoms with van der Waals surface area (Å²) in [6.07, 6.45) is -0.798. The van der Waals surface area contributed by atoms with Gasteiger partial charge in [-0.25, -0.2) is 4.39 Å². The van der Waals surface area contributed by atoms with E-state index in [4.69, 9.17) is 11.6 Å². The molecule has 1 aromatic rings. The van der Waals surface area contributed by atoms with Crippen molar-refractivity contribution in [3.63, 3.8) is 0 Å². The Morgan fingerprint density at radius 3 is 3.00 bits per heavy atom. The molecule has 1 aliphatic rings. The van der Waals surface area contributed by atoms with Crippen LogP contribution in [0.25, 0.3) is 0 Å². The molecule has 98 valence electrons. The predicted octanol–water partition coefficient (Wildman–Crippen LogP) is 1.40. The average Bonchev–Trinajstić information content (AvgIpc) is 2.75. The molecule has 0 aliphatic carbocycles. The number of hydrogen-bond donors (Lipinski definition) is 2. The number of likely N-dealkylation sites (N-methyl/N-ethyl adjacent to an activating group) is 1. The van der Waals surface area contributed by atoms with Crippen LogP contribution in [-0.4, -0.2) is 42.6 Å². The van der Waals surface area contributed by atoms with Crippen molar-refractivity contribution in [1.82, 2.24) is 10.2 Å². The third kappa shape index (κ3) is 2.91.